The van der Waals surface area contributed by atoms with E-state index >= 15 is 0 Å². The highest BCUT2D eigenvalue weighted by Crippen LogP contribution is 2.31. The monoisotopic (exact) mass is 233 g/mol. The average Bonchev–Trinajstić information content (AvgIpc) is 2.17. The van der Waals surface area contributed by atoms with E-state index in [9.17, 15) is 13.2 Å². The number of hydrogen-bond acceptors (Lipinski definition) is 2. The second-order valence-electron chi connectivity index (χ2n) is 3.53. The summed E-state index contributed by atoms with van der Waals surface area (Å²) in [5.41, 5.74) is 4.62. The molecule has 1 aromatic rings. The van der Waals surface area contributed by atoms with Crippen molar-refractivity contribution in [1.29, 1.82) is 0 Å². The Kier molecular flexibility index (Phi) is 4.18. The van der Waals surface area contributed by atoms with Crippen molar-refractivity contribution in [2.45, 2.75) is 25.6 Å². The van der Waals surface area contributed by atoms with E-state index in [0.29, 0.717) is 13.0 Å². The molecule has 0 spiro atoms. The quantitative estimate of drug-likeness (QED) is 0.867. The van der Waals surface area contributed by atoms with Crippen LogP contribution in [-0.4, -0.2) is 12.6 Å². The lowest BCUT2D eigenvalue weighted by Gasteiger charge is -2.15. The van der Waals surface area contributed by atoms with Gasteiger partial charge in [-0.15, -0.1) is 0 Å². The summed E-state index contributed by atoms with van der Waals surface area (Å²) >= 11 is 0. The normalized spacial score (nSPS) is 13.6. The number of ether oxygens (including phenoxy) is 1. The number of nitrogens with two attached hydrogens (primary N) is 1. The number of alkyl halides is 3. The zero-order valence-electron chi connectivity index (χ0n) is 8.92. The molecule has 1 aromatic carbocycles. The van der Waals surface area contributed by atoms with E-state index in [1.807, 2.05) is 0 Å². The zero-order chi connectivity index (χ0) is 12.2. The van der Waals surface area contributed by atoms with Gasteiger partial charge in [-0.3, -0.25) is 0 Å². The van der Waals surface area contributed by atoms with Crippen molar-refractivity contribution in [3.05, 3.63) is 29.8 Å². The van der Waals surface area contributed by atoms with Gasteiger partial charge in [-0.1, -0.05) is 6.07 Å². The lowest BCUT2D eigenvalue weighted by molar-refractivity contribution is -0.137. The maximum absolute atomic E-state index is 12.4. The first-order chi connectivity index (χ1) is 7.43. The molecule has 0 aliphatic heterocycles. The second kappa shape index (κ2) is 5.21. The SMILES string of the molecule is CC(CCN)Oc1cccc(C(F)(F)F)c1. The molecule has 5 heteroatoms. The number of rotatable bonds is 4. The van der Waals surface area contributed by atoms with Gasteiger partial charge in [0, 0.05) is 0 Å². The van der Waals surface area contributed by atoms with E-state index in [0.717, 1.165) is 12.1 Å². The van der Waals surface area contributed by atoms with Crippen molar-refractivity contribution in [3.8, 4) is 5.75 Å². The maximum atomic E-state index is 12.4. The molecule has 0 aliphatic carbocycles. The second-order valence-corrected chi connectivity index (χ2v) is 3.53. The Bertz CT molecular complexity index is 338. The van der Waals surface area contributed by atoms with Gasteiger partial charge in [-0.25, -0.2) is 0 Å². The minimum atomic E-state index is -4.34. The van der Waals surface area contributed by atoms with E-state index in [1.165, 1.54) is 12.1 Å². The van der Waals surface area contributed by atoms with E-state index < -0.39 is 11.7 Å². The smallest absolute Gasteiger partial charge is 0.416 e. The first-order valence-corrected chi connectivity index (χ1v) is 4.97. The van der Waals surface area contributed by atoms with Gasteiger partial charge < -0.3 is 10.5 Å². The molecule has 1 unspecified atom stereocenters. The molecule has 0 aromatic heterocycles. The third-order valence-electron chi connectivity index (χ3n) is 2.07. The molecule has 1 rings (SSSR count). The Morgan fingerprint density at radius 2 is 2.06 bits per heavy atom. The Hall–Kier alpha value is -1.23. The highest BCUT2D eigenvalue weighted by atomic mass is 19.4. The highest BCUT2D eigenvalue weighted by Gasteiger charge is 2.30. The van der Waals surface area contributed by atoms with Crippen LogP contribution in [0.2, 0.25) is 0 Å². The lowest BCUT2D eigenvalue weighted by atomic mass is 10.2. The van der Waals surface area contributed by atoms with Crippen LogP contribution >= 0.6 is 0 Å². The van der Waals surface area contributed by atoms with Crippen molar-refractivity contribution in [3.63, 3.8) is 0 Å². The number of benzene rings is 1. The van der Waals surface area contributed by atoms with Crippen LogP contribution in [0.5, 0.6) is 5.75 Å². The fourth-order valence-electron chi connectivity index (χ4n) is 1.27. The summed E-state index contributed by atoms with van der Waals surface area (Å²) in [5, 5.41) is 0. The van der Waals surface area contributed by atoms with E-state index in [4.69, 9.17) is 10.5 Å². The third-order valence-corrected chi connectivity index (χ3v) is 2.07. The standard InChI is InChI=1S/C11H14F3NO/c1-8(5-6-15)16-10-4-2-3-9(7-10)11(12,13)14/h2-4,7-8H,5-6,15H2,1H3. The largest absolute Gasteiger partial charge is 0.491 e. The Labute approximate surface area is 92.2 Å². The minimum Gasteiger partial charge on any atom is -0.491 e. The molecule has 0 fully saturated rings. The molecule has 90 valence electrons. The molecule has 0 heterocycles. The van der Waals surface area contributed by atoms with Crippen LogP contribution in [0, 0.1) is 0 Å². The van der Waals surface area contributed by atoms with Crippen LogP contribution in [0.4, 0.5) is 13.2 Å². The molecule has 1 atom stereocenters. The van der Waals surface area contributed by atoms with Crippen LogP contribution in [0.1, 0.15) is 18.9 Å². The molecule has 0 radical (unpaired) electrons. The minimum absolute atomic E-state index is 0.187. The van der Waals surface area contributed by atoms with Crippen LogP contribution in [0.3, 0.4) is 0 Å². The predicted molar refractivity (Wildman–Crippen MR) is 55.2 cm³/mol. The van der Waals surface area contributed by atoms with E-state index in [1.54, 1.807) is 6.92 Å². The summed E-state index contributed by atoms with van der Waals surface area (Å²) in [6.45, 7) is 2.22. The summed E-state index contributed by atoms with van der Waals surface area (Å²) in [5.74, 6) is 0.218. The first-order valence-electron chi connectivity index (χ1n) is 4.97. The Morgan fingerprint density at radius 3 is 2.62 bits per heavy atom. The predicted octanol–water partition coefficient (Wildman–Crippen LogP) is 2.82. The fraction of sp³-hybridized carbons (Fsp3) is 0.455. The molecule has 0 saturated heterocycles. The Morgan fingerprint density at radius 1 is 1.38 bits per heavy atom. The molecular formula is C11H14F3NO. The topological polar surface area (TPSA) is 35.2 Å². The molecule has 2 nitrogen and oxygen atoms in total. The van der Waals surface area contributed by atoms with E-state index in [2.05, 4.69) is 0 Å². The van der Waals surface area contributed by atoms with Crippen LogP contribution in [0.25, 0.3) is 0 Å². The van der Waals surface area contributed by atoms with E-state index in [-0.39, 0.29) is 11.9 Å². The summed E-state index contributed by atoms with van der Waals surface area (Å²) < 4.78 is 42.4. The van der Waals surface area contributed by atoms with Crippen molar-refractivity contribution in [2.24, 2.45) is 5.73 Å². The maximum Gasteiger partial charge on any atom is 0.416 e. The van der Waals surface area contributed by atoms with Gasteiger partial charge in [-0.05, 0) is 38.1 Å². The van der Waals surface area contributed by atoms with Crippen molar-refractivity contribution in [2.75, 3.05) is 6.54 Å². The van der Waals surface area contributed by atoms with Gasteiger partial charge in [0.15, 0.2) is 0 Å². The van der Waals surface area contributed by atoms with Gasteiger partial charge in [-0.2, -0.15) is 13.2 Å². The van der Waals surface area contributed by atoms with Gasteiger partial charge >= 0.3 is 6.18 Å². The summed E-state index contributed by atoms with van der Waals surface area (Å²) in [7, 11) is 0. The zero-order valence-corrected chi connectivity index (χ0v) is 8.92. The van der Waals surface area contributed by atoms with Crippen molar-refractivity contribution < 1.29 is 17.9 Å². The third kappa shape index (κ3) is 3.73. The van der Waals surface area contributed by atoms with Crippen LogP contribution < -0.4 is 10.5 Å². The Balaban J connectivity index is 2.75. The lowest BCUT2D eigenvalue weighted by Crippen LogP contribution is -2.17. The number of halogens is 3. The summed E-state index contributed by atoms with van der Waals surface area (Å²) in [6, 6.07) is 4.84. The molecule has 0 aliphatic rings. The van der Waals surface area contributed by atoms with Gasteiger partial charge in [0.25, 0.3) is 0 Å². The number of hydrogen-bond donors (Lipinski definition) is 1. The van der Waals surface area contributed by atoms with Crippen molar-refractivity contribution in [1.82, 2.24) is 0 Å². The molecule has 16 heavy (non-hydrogen) atoms. The molecule has 0 amide bonds. The van der Waals surface area contributed by atoms with Crippen LogP contribution in [-0.2, 0) is 6.18 Å². The van der Waals surface area contributed by atoms with Crippen molar-refractivity contribution >= 4 is 0 Å². The molecule has 0 bridgehead atoms. The molecule has 2 N–H and O–H groups in total. The van der Waals surface area contributed by atoms with Crippen LogP contribution in [0.15, 0.2) is 24.3 Å². The average molecular weight is 233 g/mol. The molecular weight excluding hydrogens is 219 g/mol. The van der Waals surface area contributed by atoms with Gasteiger partial charge in [0.2, 0.25) is 0 Å². The summed E-state index contributed by atoms with van der Waals surface area (Å²) in [4.78, 5) is 0. The van der Waals surface area contributed by atoms with Gasteiger partial charge in [0.1, 0.15) is 5.75 Å². The fourth-order valence-corrected chi connectivity index (χ4v) is 1.27. The first kappa shape index (κ1) is 12.8. The summed E-state index contributed by atoms with van der Waals surface area (Å²) in [6.07, 6.45) is -3.92. The van der Waals surface area contributed by atoms with Gasteiger partial charge in [0.05, 0.1) is 11.7 Å². The highest BCUT2D eigenvalue weighted by molar-refractivity contribution is 5.30. The molecule has 0 saturated carbocycles.